The Morgan fingerprint density at radius 3 is 2.52 bits per heavy atom. The van der Waals surface area contributed by atoms with Gasteiger partial charge in [0, 0.05) is 6.04 Å². The molecule has 1 heterocycles. The first-order valence-corrected chi connectivity index (χ1v) is 7.61. The van der Waals surface area contributed by atoms with Gasteiger partial charge in [0.25, 0.3) is 0 Å². The van der Waals surface area contributed by atoms with E-state index in [9.17, 15) is 9.90 Å². The second kappa shape index (κ2) is 6.94. The Kier molecular flexibility index (Phi) is 5.23. The Hall–Kier alpha value is -1.55. The Morgan fingerprint density at radius 1 is 1.29 bits per heavy atom. The highest BCUT2D eigenvalue weighted by Crippen LogP contribution is 2.26. The van der Waals surface area contributed by atoms with Crippen LogP contribution in [0.2, 0.25) is 0 Å². The topological polar surface area (TPSA) is 49.8 Å². The van der Waals surface area contributed by atoms with Crippen molar-refractivity contribution in [1.29, 1.82) is 0 Å². The summed E-state index contributed by atoms with van der Waals surface area (Å²) in [7, 11) is 1.68. The van der Waals surface area contributed by atoms with E-state index in [-0.39, 0.29) is 12.5 Å². The van der Waals surface area contributed by atoms with Crippen molar-refractivity contribution in [2.45, 2.75) is 45.6 Å². The van der Waals surface area contributed by atoms with E-state index in [1.807, 2.05) is 13.0 Å². The number of hydrogen-bond acceptors (Lipinski definition) is 3. The van der Waals surface area contributed by atoms with Gasteiger partial charge in [-0.25, -0.2) is 0 Å². The highest BCUT2D eigenvalue weighted by atomic mass is 16.5. The molecule has 1 aromatic rings. The summed E-state index contributed by atoms with van der Waals surface area (Å²) in [6, 6.07) is 4.28. The van der Waals surface area contributed by atoms with E-state index < -0.39 is 5.97 Å². The molecule has 0 saturated carbocycles. The van der Waals surface area contributed by atoms with E-state index in [4.69, 9.17) is 4.74 Å². The molecular formula is C17H25NO3. The molecule has 4 nitrogen and oxygen atoms in total. The highest BCUT2D eigenvalue weighted by Gasteiger charge is 2.25. The van der Waals surface area contributed by atoms with E-state index in [2.05, 4.69) is 17.9 Å². The fraction of sp³-hybridized carbons (Fsp3) is 0.588. The number of carbonyl (C=O) groups is 1. The first-order chi connectivity index (χ1) is 10.0. The molecule has 0 aromatic heterocycles. The summed E-state index contributed by atoms with van der Waals surface area (Å²) in [4.78, 5) is 13.5. The second-order valence-corrected chi connectivity index (χ2v) is 5.95. The molecule has 0 aliphatic carbocycles. The van der Waals surface area contributed by atoms with Crippen molar-refractivity contribution < 1.29 is 14.6 Å². The van der Waals surface area contributed by atoms with Crippen LogP contribution in [0.4, 0.5) is 0 Å². The molecule has 1 fully saturated rings. The molecule has 21 heavy (non-hydrogen) atoms. The molecule has 0 bridgehead atoms. The number of ether oxygens (including phenoxy) is 1. The Bertz CT molecular complexity index is 507. The molecule has 1 aliphatic rings. The summed E-state index contributed by atoms with van der Waals surface area (Å²) >= 11 is 0. The summed E-state index contributed by atoms with van der Waals surface area (Å²) in [5, 5.41) is 9.18. The number of aryl methyl sites for hydroxylation is 2. The first kappa shape index (κ1) is 15.8. The van der Waals surface area contributed by atoms with Crippen molar-refractivity contribution in [3.8, 4) is 5.75 Å². The van der Waals surface area contributed by atoms with Gasteiger partial charge in [0.2, 0.25) is 0 Å². The minimum atomic E-state index is -0.713. The van der Waals surface area contributed by atoms with Crippen LogP contribution in [-0.2, 0) is 11.2 Å². The maximum atomic E-state index is 11.2. The van der Waals surface area contributed by atoms with Crippen molar-refractivity contribution in [2.24, 2.45) is 0 Å². The van der Waals surface area contributed by atoms with Gasteiger partial charge >= 0.3 is 5.97 Å². The molecule has 1 atom stereocenters. The van der Waals surface area contributed by atoms with E-state index >= 15 is 0 Å². The van der Waals surface area contributed by atoms with Gasteiger partial charge in [-0.2, -0.15) is 0 Å². The smallest absolute Gasteiger partial charge is 0.304 e. The summed E-state index contributed by atoms with van der Waals surface area (Å²) in [6.07, 6.45) is 3.36. The normalized spacial score (nSPS) is 16.9. The molecule has 116 valence electrons. The summed E-state index contributed by atoms with van der Waals surface area (Å²) < 4.78 is 5.35. The lowest BCUT2D eigenvalue weighted by atomic mass is 9.96. The number of methoxy groups -OCH3 is 1. The summed E-state index contributed by atoms with van der Waals surface area (Å²) in [6.45, 7) is 6.14. The van der Waals surface area contributed by atoms with Crippen LogP contribution >= 0.6 is 0 Å². The third-order valence-corrected chi connectivity index (χ3v) is 4.38. The van der Waals surface area contributed by atoms with Crippen LogP contribution in [0.15, 0.2) is 12.1 Å². The van der Waals surface area contributed by atoms with Gasteiger partial charge in [0.1, 0.15) is 5.75 Å². The van der Waals surface area contributed by atoms with Crippen molar-refractivity contribution in [2.75, 3.05) is 20.2 Å². The number of likely N-dealkylation sites (tertiary alicyclic amines) is 1. The Balaban J connectivity index is 2.19. The van der Waals surface area contributed by atoms with E-state index in [0.717, 1.165) is 30.8 Å². The molecule has 2 rings (SSSR count). The van der Waals surface area contributed by atoms with Gasteiger partial charge in [-0.3, -0.25) is 9.69 Å². The molecule has 1 saturated heterocycles. The predicted molar refractivity (Wildman–Crippen MR) is 83.0 cm³/mol. The van der Waals surface area contributed by atoms with Gasteiger partial charge in [-0.05, 0) is 69.0 Å². The monoisotopic (exact) mass is 291 g/mol. The molecule has 4 heteroatoms. The average Bonchev–Trinajstić information content (AvgIpc) is 2.95. The van der Waals surface area contributed by atoms with E-state index in [0.29, 0.717) is 0 Å². The van der Waals surface area contributed by atoms with Crippen molar-refractivity contribution in [3.05, 3.63) is 28.8 Å². The second-order valence-electron chi connectivity index (χ2n) is 5.95. The van der Waals surface area contributed by atoms with Crippen LogP contribution in [0, 0.1) is 13.8 Å². The molecular weight excluding hydrogens is 266 g/mol. The van der Waals surface area contributed by atoms with Gasteiger partial charge in [0.05, 0.1) is 13.5 Å². The number of carboxylic acid groups (broad SMARTS) is 1. The zero-order valence-corrected chi connectivity index (χ0v) is 13.2. The third-order valence-electron chi connectivity index (χ3n) is 4.38. The number of carboxylic acids is 1. The maximum Gasteiger partial charge on any atom is 0.304 e. The zero-order valence-electron chi connectivity index (χ0n) is 13.2. The summed E-state index contributed by atoms with van der Waals surface area (Å²) in [5.74, 6) is 0.182. The van der Waals surface area contributed by atoms with Crippen LogP contribution < -0.4 is 4.74 Å². The molecule has 0 radical (unpaired) electrons. The lowest BCUT2D eigenvalue weighted by Crippen LogP contribution is -2.36. The molecule has 0 spiro atoms. The Labute approximate surface area is 126 Å². The van der Waals surface area contributed by atoms with Crippen molar-refractivity contribution in [3.63, 3.8) is 0 Å². The van der Waals surface area contributed by atoms with Gasteiger partial charge in [0.15, 0.2) is 0 Å². The number of aliphatic carboxylic acids is 1. The van der Waals surface area contributed by atoms with Crippen LogP contribution in [0.25, 0.3) is 0 Å². The maximum absolute atomic E-state index is 11.2. The minimum Gasteiger partial charge on any atom is -0.496 e. The van der Waals surface area contributed by atoms with Gasteiger partial charge < -0.3 is 9.84 Å². The molecule has 1 unspecified atom stereocenters. The quantitative estimate of drug-likeness (QED) is 0.875. The highest BCUT2D eigenvalue weighted by molar-refractivity contribution is 5.67. The van der Waals surface area contributed by atoms with Crippen LogP contribution in [-0.4, -0.2) is 42.2 Å². The number of benzene rings is 1. The fourth-order valence-electron chi connectivity index (χ4n) is 3.18. The van der Waals surface area contributed by atoms with E-state index in [1.54, 1.807) is 7.11 Å². The largest absolute Gasteiger partial charge is 0.496 e. The van der Waals surface area contributed by atoms with Gasteiger partial charge in [-0.15, -0.1) is 0 Å². The third kappa shape index (κ3) is 3.97. The van der Waals surface area contributed by atoms with Gasteiger partial charge in [-0.1, -0.05) is 6.07 Å². The van der Waals surface area contributed by atoms with Crippen molar-refractivity contribution >= 4 is 5.97 Å². The summed E-state index contributed by atoms with van der Waals surface area (Å²) in [5.41, 5.74) is 3.51. The Morgan fingerprint density at radius 2 is 1.95 bits per heavy atom. The SMILES string of the molecule is COc1cc(C)c(CC(CC(=O)O)N2CCCC2)cc1C. The minimum absolute atomic E-state index is 0.0940. The predicted octanol–water partition coefficient (Wildman–Crippen LogP) is 2.79. The average molecular weight is 291 g/mol. The lowest BCUT2D eigenvalue weighted by Gasteiger charge is -2.27. The molecule has 0 amide bonds. The number of hydrogen-bond donors (Lipinski definition) is 1. The fourth-order valence-corrected chi connectivity index (χ4v) is 3.18. The molecule has 1 aliphatic heterocycles. The molecule has 1 N–H and O–H groups in total. The standard InChI is InChI=1S/C17H25NO3/c1-12-9-16(21-3)13(2)8-14(12)10-15(11-17(19)20)18-6-4-5-7-18/h8-9,15H,4-7,10-11H2,1-3H3,(H,19,20). The van der Waals surface area contributed by atoms with Crippen LogP contribution in [0.5, 0.6) is 5.75 Å². The van der Waals surface area contributed by atoms with Crippen LogP contribution in [0.1, 0.15) is 36.0 Å². The first-order valence-electron chi connectivity index (χ1n) is 7.61. The zero-order chi connectivity index (χ0) is 15.4. The van der Waals surface area contributed by atoms with Crippen LogP contribution in [0.3, 0.4) is 0 Å². The molecule has 1 aromatic carbocycles. The van der Waals surface area contributed by atoms with Crippen molar-refractivity contribution in [1.82, 2.24) is 4.90 Å². The lowest BCUT2D eigenvalue weighted by molar-refractivity contribution is -0.138. The number of nitrogens with zero attached hydrogens (tertiary/aromatic N) is 1. The van der Waals surface area contributed by atoms with E-state index in [1.165, 1.54) is 24.0 Å². The number of rotatable bonds is 6.